The van der Waals surface area contributed by atoms with Crippen LogP contribution in [0.15, 0.2) is 24.3 Å². The molecule has 1 heterocycles. The summed E-state index contributed by atoms with van der Waals surface area (Å²) in [5.74, 6) is 0. The van der Waals surface area contributed by atoms with E-state index in [1.807, 2.05) is 32.9 Å². The summed E-state index contributed by atoms with van der Waals surface area (Å²) in [6, 6.07) is 7.29. The maximum atomic E-state index is 12.5. The Balaban J connectivity index is 2.08. The summed E-state index contributed by atoms with van der Waals surface area (Å²) in [4.78, 5) is 25.3. The van der Waals surface area contributed by atoms with Crippen LogP contribution in [0.5, 0.6) is 0 Å². The van der Waals surface area contributed by atoms with E-state index in [1.165, 1.54) is 7.11 Å². The molecule has 1 N–H and O–H groups in total. The summed E-state index contributed by atoms with van der Waals surface area (Å²) in [6.07, 6.45) is -1.80. The molecule has 0 radical (unpaired) electrons. The largest absolute Gasteiger partial charge is 0.453 e. The molecular formula is C20H29ClN2O6. The molecule has 1 fully saturated rings. The maximum absolute atomic E-state index is 12.5. The summed E-state index contributed by atoms with van der Waals surface area (Å²) in [6.45, 7) is 7.11. The van der Waals surface area contributed by atoms with Crippen molar-refractivity contribution < 1.29 is 28.5 Å². The number of benzene rings is 1. The molecule has 0 saturated carbocycles. The van der Waals surface area contributed by atoms with Gasteiger partial charge in [-0.05, 0) is 38.5 Å². The third-order valence-electron chi connectivity index (χ3n) is 4.11. The summed E-state index contributed by atoms with van der Waals surface area (Å²) in [5, 5.41) is 3.14. The monoisotopic (exact) mass is 428 g/mol. The molecule has 29 heavy (non-hydrogen) atoms. The van der Waals surface area contributed by atoms with E-state index in [0.717, 1.165) is 5.56 Å². The lowest BCUT2D eigenvalue weighted by molar-refractivity contribution is -0.112. The highest BCUT2D eigenvalue weighted by molar-refractivity contribution is 6.30. The zero-order valence-electron chi connectivity index (χ0n) is 17.3. The second-order valence-electron chi connectivity index (χ2n) is 7.60. The molecular weight excluding hydrogens is 400 g/mol. The molecule has 8 nitrogen and oxygen atoms in total. The molecule has 1 aromatic rings. The molecule has 1 aliphatic heterocycles. The van der Waals surface area contributed by atoms with Crippen LogP contribution < -0.4 is 5.32 Å². The van der Waals surface area contributed by atoms with Gasteiger partial charge < -0.3 is 29.2 Å². The number of nitrogens with zero attached hydrogens (tertiary/aromatic N) is 1. The fourth-order valence-corrected chi connectivity index (χ4v) is 3.06. The highest BCUT2D eigenvalue weighted by Gasteiger charge is 2.34. The second kappa shape index (κ2) is 10.7. The molecule has 1 aliphatic rings. The number of halogens is 1. The molecule has 2 amide bonds. The van der Waals surface area contributed by atoms with Crippen molar-refractivity contribution in [1.82, 2.24) is 10.2 Å². The predicted molar refractivity (Wildman–Crippen MR) is 108 cm³/mol. The van der Waals surface area contributed by atoms with Crippen LogP contribution in [0.2, 0.25) is 5.02 Å². The number of alkyl carbamates (subject to hydrolysis) is 1. The van der Waals surface area contributed by atoms with Gasteiger partial charge in [0.25, 0.3) is 0 Å². The first-order valence-electron chi connectivity index (χ1n) is 9.48. The predicted octanol–water partition coefficient (Wildman–Crippen LogP) is 3.39. The Morgan fingerprint density at radius 2 is 2.14 bits per heavy atom. The fourth-order valence-electron chi connectivity index (χ4n) is 2.86. The molecule has 1 aromatic carbocycles. The zero-order chi connectivity index (χ0) is 21.4. The van der Waals surface area contributed by atoms with Crippen molar-refractivity contribution in [3.63, 3.8) is 0 Å². The van der Waals surface area contributed by atoms with Crippen LogP contribution in [-0.2, 0) is 18.9 Å². The normalized spacial score (nSPS) is 18.1. The molecule has 162 valence electrons. The number of carbonyl (C=O) groups is 2. The number of morpholine rings is 1. The Bertz CT molecular complexity index is 694. The van der Waals surface area contributed by atoms with Gasteiger partial charge >= 0.3 is 12.2 Å². The molecule has 0 aromatic heterocycles. The van der Waals surface area contributed by atoms with Crippen molar-refractivity contribution in [3.05, 3.63) is 34.9 Å². The summed E-state index contributed by atoms with van der Waals surface area (Å²) < 4.78 is 22.0. The minimum absolute atomic E-state index is 0.235. The lowest BCUT2D eigenvalue weighted by Crippen LogP contribution is -2.49. The Kier molecular flexibility index (Phi) is 8.55. The average Bonchev–Trinajstić information content (AvgIpc) is 2.66. The lowest BCUT2D eigenvalue weighted by atomic mass is 10.0. The first-order valence-corrected chi connectivity index (χ1v) is 9.86. The Morgan fingerprint density at radius 3 is 2.79 bits per heavy atom. The van der Waals surface area contributed by atoms with Crippen LogP contribution in [0.3, 0.4) is 0 Å². The van der Waals surface area contributed by atoms with Crippen LogP contribution >= 0.6 is 11.6 Å². The van der Waals surface area contributed by atoms with E-state index in [9.17, 15) is 9.59 Å². The van der Waals surface area contributed by atoms with Crippen LogP contribution in [-0.4, -0.2) is 68.7 Å². The van der Waals surface area contributed by atoms with Crippen molar-refractivity contribution in [3.8, 4) is 0 Å². The number of amides is 2. The Morgan fingerprint density at radius 1 is 1.38 bits per heavy atom. The van der Waals surface area contributed by atoms with E-state index >= 15 is 0 Å². The molecule has 0 unspecified atom stereocenters. The van der Waals surface area contributed by atoms with Gasteiger partial charge in [0.1, 0.15) is 17.8 Å². The first kappa shape index (κ1) is 23.3. The third-order valence-corrected chi connectivity index (χ3v) is 4.35. The number of nitrogens with one attached hydrogen (secondary N) is 1. The van der Waals surface area contributed by atoms with E-state index in [4.69, 9.17) is 25.8 Å². The quantitative estimate of drug-likeness (QED) is 0.699. The van der Waals surface area contributed by atoms with Crippen LogP contribution in [0.1, 0.15) is 32.4 Å². The smallest absolute Gasteiger partial charge is 0.410 e. The lowest BCUT2D eigenvalue weighted by Gasteiger charge is -2.37. The molecule has 0 spiro atoms. The molecule has 2 rings (SSSR count). The van der Waals surface area contributed by atoms with E-state index in [0.29, 0.717) is 24.7 Å². The Labute approximate surface area is 176 Å². The highest BCUT2D eigenvalue weighted by atomic mass is 35.5. The Hall–Kier alpha value is -2.03. The second-order valence-corrected chi connectivity index (χ2v) is 8.04. The van der Waals surface area contributed by atoms with Crippen molar-refractivity contribution in [2.45, 2.75) is 38.6 Å². The number of hydrogen-bond acceptors (Lipinski definition) is 6. The summed E-state index contributed by atoms with van der Waals surface area (Å²) in [5.41, 5.74) is 0.249. The van der Waals surface area contributed by atoms with Crippen LogP contribution in [0, 0.1) is 0 Å². The van der Waals surface area contributed by atoms with Gasteiger partial charge in [0, 0.05) is 18.1 Å². The molecule has 9 heteroatoms. The minimum Gasteiger partial charge on any atom is -0.453 e. The number of hydrogen-bond donors (Lipinski definition) is 1. The number of methoxy groups -OCH3 is 1. The zero-order valence-corrected chi connectivity index (χ0v) is 18.0. The number of ether oxygens (including phenoxy) is 4. The molecule has 1 saturated heterocycles. The summed E-state index contributed by atoms with van der Waals surface area (Å²) >= 11 is 6.15. The van der Waals surface area contributed by atoms with Crippen molar-refractivity contribution >= 4 is 23.8 Å². The average molecular weight is 429 g/mol. The standard InChI is InChI=1S/C20H29ClN2O6/c1-20(2,3)29-19(25)23-9-11-27-16(13-23)17(14-6-5-7-15(21)12-14)28-10-8-22-18(24)26-4/h5-7,12,16-17H,8-11,13H2,1-4H3,(H,22,24)/t16-,17+/m1/s1. The fraction of sp³-hybridized carbons (Fsp3) is 0.600. The van der Waals surface area contributed by atoms with E-state index < -0.39 is 23.9 Å². The topological polar surface area (TPSA) is 86.3 Å². The van der Waals surface area contributed by atoms with Gasteiger partial charge in [0.05, 0.1) is 26.9 Å². The molecule has 2 atom stereocenters. The van der Waals surface area contributed by atoms with Gasteiger partial charge in [0.15, 0.2) is 0 Å². The number of carbonyl (C=O) groups excluding carboxylic acids is 2. The van der Waals surface area contributed by atoms with E-state index in [2.05, 4.69) is 10.1 Å². The van der Waals surface area contributed by atoms with Gasteiger partial charge in [0.2, 0.25) is 0 Å². The maximum Gasteiger partial charge on any atom is 0.410 e. The van der Waals surface area contributed by atoms with Crippen molar-refractivity contribution in [2.24, 2.45) is 0 Å². The van der Waals surface area contributed by atoms with Gasteiger partial charge in [-0.1, -0.05) is 23.7 Å². The SMILES string of the molecule is COC(=O)NCCO[C@@H](c1cccc(Cl)c1)[C@H]1CN(C(=O)OC(C)(C)C)CCO1. The molecule has 0 bridgehead atoms. The van der Waals surface area contributed by atoms with Crippen molar-refractivity contribution in [1.29, 1.82) is 0 Å². The summed E-state index contributed by atoms with van der Waals surface area (Å²) in [7, 11) is 1.30. The van der Waals surface area contributed by atoms with Gasteiger partial charge in [-0.15, -0.1) is 0 Å². The van der Waals surface area contributed by atoms with Crippen molar-refractivity contribution in [2.75, 3.05) is 40.0 Å². The highest BCUT2D eigenvalue weighted by Crippen LogP contribution is 2.28. The van der Waals surface area contributed by atoms with Gasteiger partial charge in [-0.2, -0.15) is 0 Å². The van der Waals surface area contributed by atoms with Gasteiger partial charge in [-0.3, -0.25) is 0 Å². The van der Waals surface area contributed by atoms with Crippen LogP contribution in [0.4, 0.5) is 9.59 Å². The third kappa shape index (κ3) is 7.72. The van der Waals surface area contributed by atoms with E-state index in [1.54, 1.807) is 17.0 Å². The van der Waals surface area contributed by atoms with Crippen LogP contribution in [0.25, 0.3) is 0 Å². The molecule has 0 aliphatic carbocycles. The van der Waals surface area contributed by atoms with E-state index in [-0.39, 0.29) is 19.2 Å². The first-order chi connectivity index (χ1) is 13.7. The minimum atomic E-state index is -0.576. The number of rotatable bonds is 6. The van der Waals surface area contributed by atoms with Gasteiger partial charge in [-0.25, -0.2) is 9.59 Å².